The minimum Gasteiger partial charge on any atom is -0.493 e. The van der Waals surface area contributed by atoms with Crippen LogP contribution >= 0.6 is 0 Å². The monoisotopic (exact) mass is 351 g/mol. The Kier molecular flexibility index (Phi) is 7.01. The first-order valence-electron chi connectivity index (χ1n) is 8.83. The Morgan fingerprint density at radius 3 is 2.28 bits per heavy atom. The molecule has 0 bridgehead atoms. The summed E-state index contributed by atoms with van der Waals surface area (Å²) in [4.78, 5) is 13.7. The van der Waals surface area contributed by atoms with E-state index in [0.717, 1.165) is 39.0 Å². The molecule has 0 spiro atoms. The summed E-state index contributed by atoms with van der Waals surface area (Å²) in [5, 5.41) is 15.0. The zero-order chi connectivity index (χ0) is 18.4. The third-order valence-corrected chi connectivity index (χ3v) is 4.70. The van der Waals surface area contributed by atoms with Gasteiger partial charge in [-0.2, -0.15) is 0 Å². The van der Waals surface area contributed by atoms with E-state index in [9.17, 15) is 10.1 Å². The van der Waals surface area contributed by atoms with E-state index in [0.29, 0.717) is 23.0 Å². The Bertz CT molecular complexity index is 586. The molecule has 7 nitrogen and oxygen atoms in total. The highest BCUT2D eigenvalue weighted by Crippen LogP contribution is 2.41. The molecule has 1 aliphatic rings. The molecule has 0 aliphatic carbocycles. The third-order valence-electron chi connectivity index (χ3n) is 4.70. The second-order valence-corrected chi connectivity index (χ2v) is 6.80. The molecule has 0 aromatic heterocycles. The van der Waals surface area contributed by atoms with Crippen molar-refractivity contribution < 1.29 is 14.4 Å². The number of nitrogens with one attached hydrogen (secondary N) is 1. The fraction of sp³-hybridized carbons (Fsp3) is 0.667. The van der Waals surface area contributed by atoms with Crippen LogP contribution in [0.15, 0.2) is 12.1 Å². The number of rotatable bonds is 8. The molecule has 0 unspecified atom stereocenters. The molecule has 0 saturated carbocycles. The summed E-state index contributed by atoms with van der Waals surface area (Å²) in [6, 6.07) is 3.27. The average molecular weight is 351 g/mol. The summed E-state index contributed by atoms with van der Waals surface area (Å²) in [7, 11) is 3.05. The predicted octanol–water partition coefficient (Wildman–Crippen LogP) is 2.99. The zero-order valence-electron chi connectivity index (χ0n) is 15.6. The fourth-order valence-electron chi connectivity index (χ4n) is 3.33. The fourth-order valence-corrected chi connectivity index (χ4v) is 3.33. The Balaban J connectivity index is 2.47. The first kappa shape index (κ1) is 19.5. The van der Waals surface area contributed by atoms with Crippen molar-refractivity contribution in [3.05, 3.63) is 27.8 Å². The first-order chi connectivity index (χ1) is 12.0. The summed E-state index contributed by atoms with van der Waals surface area (Å²) in [6.07, 6.45) is 1.90. The van der Waals surface area contributed by atoms with E-state index >= 15 is 0 Å². The van der Waals surface area contributed by atoms with E-state index in [-0.39, 0.29) is 16.7 Å². The number of nitrogens with zero attached hydrogens (tertiary/aromatic N) is 2. The quantitative estimate of drug-likeness (QED) is 0.573. The van der Waals surface area contributed by atoms with Crippen molar-refractivity contribution in [1.82, 2.24) is 10.2 Å². The van der Waals surface area contributed by atoms with Crippen LogP contribution in [0, 0.1) is 16.0 Å². The summed E-state index contributed by atoms with van der Waals surface area (Å²) >= 11 is 0. The Hall–Kier alpha value is -1.86. The van der Waals surface area contributed by atoms with E-state index in [1.54, 1.807) is 13.2 Å². The Morgan fingerprint density at radius 1 is 1.16 bits per heavy atom. The van der Waals surface area contributed by atoms with Gasteiger partial charge in [0.2, 0.25) is 0 Å². The highest BCUT2D eigenvalue weighted by molar-refractivity contribution is 5.55. The number of nitro benzene ring substituents is 1. The SMILES string of the molecule is COc1cc([C@H](CCC(C)C)N2CCNCC2)c([N+](=O)[O-])cc1OC. The van der Waals surface area contributed by atoms with Crippen LogP contribution in [0.3, 0.4) is 0 Å². The predicted molar refractivity (Wildman–Crippen MR) is 97.5 cm³/mol. The molecule has 1 heterocycles. The lowest BCUT2D eigenvalue weighted by Crippen LogP contribution is -2.45. The second-order valence-electron chi connectivity index (χ2n) is 6.80. The summed E-state index contributed by atoms with van der Waals surface area (Å²) < 4.78 is 10.6. The molecule has 1 saturated heterocycles. The van der Waals surface area contributed by atoms with Gasteiger partial charge in [0.05, 0.1) is 30.8 Å². The van der Waals surface area contributed by atoms with Gasteiger partial charge in [-0.15, -0.1) is 0 Å². The number of hydrogen-bond donors (Lipinski definition) is 1. The molecule has 7 heteroatoms. The van der Waals surface area contributed by atoms with Crippen molar-refractivity contribution in [2.45, 2.75) is 32.7 Å². The molecule has 1 N–H and O–H groups in total. The van der Waals surface area contributed by atoms with Gasteiger partial charge < -0.3 is 14.8 Å². The summed E-state index contributed by atoms with van der Waals surface area (Å²) in [5.74, 6) is 1.47. The molecule has 0 amide bonds. The van der Waals surface area contributed by atoms with Crippen molar-refractivity contribution >= 4 is 5.69 Å². The molecule has 140 valence electrons. The average Bonchev–Trinajstić information content (AvgIpc) is 2.61. The van der Waals surface area contributed by atoms with E-state index in [1.165, 1.54) is 13.2 Å². The molecule has 25 heavy (non-hydrogen) atoms. The summed E-state index contributed by atoms with van der Waals surface area (Å²) in [5.41, 5.74) is 0.815. The van der Waals surface area contributed by atoms with Crippen LogP contribution in [0.1, 0.15) is 38.3 Å². The van der Waals surface area contributed by atoms with Gasteiger partial charge in [0.15, 0.2) is 11.5 Å². The lowest BCUT2D eigenvalue weighted by Gasteiger charge is -2.35. The second kappa shape index (κ2) is 9.01. The number of nitro groups is 1. The van der Waals surface area contributed by atoms with Crippen LogP contribution in [0.25, 0.3) is 0 Å². The van der Waals surface area contributed by atoms with Crippen molar-refractivity contribution in [3.63, 3.8) is 0 Å². The first-order valence-corrected chi connectivity index (χ1v) is 8.83. The lowest BCUT2D eigenvalue weighted by molar-refractivity contribution is -0.386. The topological polar surface area (TPSA) is 76.9 Å². The number of benzene rings is 1. The minimum absolute atomic E-state index is 0.00436. The summed E-state index contributed by atoms with van der Waals surface area (Å²) in [6.45, 7) is 7.93. The van der Waals surface area contributed by atoms with Crippen LogP contribution in [-0.4, -0.2) is 50.2 Å². The maximum absolute atomic E-state index is 11.7. The highest BCUT2D eigenvalue weighted by Gasteiger charge is 2.30. The van der Waals surface area contributed by atoms with E-state index in [1.807, 2.05) is 0 Å². The molecule has 1 atom stereocenters. The Morgan fingerprint density at radius 2 is 1.76 bits per heavy atom. The minimum atomic E-state index is -0.318. The van der Waals surface area contributed by atoms with Crippen LogP contribution in [0.2, 0.25) is 0 Å². The number of piperazine rings is 1. The lowest BCUT2D eigenvalue weighted by atomic mass is 9.94. The van der Waals surface area contributed by atoms with E-state index < -0.39 is 0 Å². The number of methoxy groups -OCH3 is 2. The van der Waals surface area contributed by atoms with Gasteiger partial charge in [0.1, 0.15) is 0 Å². The third kappa shape index (κ3) is 4.83. The van der Waals surface area contributed by atoms with E-state index in [4.69, 9.17) is 9.47 Å². The van der Waals surface area contributed by atoms with Crippen LogP contribution in [0.4, 0.5) is 5.69 Å². The van der Waals surface area contributed by atoms with Gasteiger partial charge in [-0.25, -0.2) is 0 Å². The highest BCUT2D eigenvalue weighted by atomic mass is 16.6. The zero-order valence-corrected chi connectivity index (χ0v) is 15.6. The molecule has 1 aromatic carbocycles. The molecule has 1 fully saturated rings. The van der Waals surface area contributed by atoms with Gasteiger partial charge in [0, 0.05) is 32.2 Å². The van der Waals surface area contributed by atoms with Crippen LogP contribution < -0.4 is 14.8 Å². The van der Waals surface area contributed by atoms with Gasteiger partial charge in [0.25, 0.3) is 5.69 Å². The van der Waals surface area contributed by atoms with Crippen LogP contribution in [-0.2, 0) is 0 Å². The van der Waals surface area contributed by atoms with E-state index in [2.05, 4.69) is 24.1 Å². The number of ether oxygens (including phenoxy) is 2. The number of hydrogen-bond acceptors (Lipinski definition) is 6. The van der Waals surface area contributed by atoms with Gasteiger partial charge in [-0.05, 0) is 24.8 Å². The van der Waals surface area contributed by atoms with Crippen molar-refractivity contribution in [2.75, 3.05) is 40.4 Å². The van der Waals surface area contributed by atoms with Crippen molar-refractivity contribution in [2.24, 2.45) is 5.92 Å². The molecule has 0 radical (unpaired) electrons. The van der Waals surface area contributed by atoms with Gasteiger partial charge >= 0.3 is 0 Å². The normalized spacial score (nSPS) is 16.7. The standard InChI is InChI=1S/C18H29N3O4/c1-13(2)5-6-15(20-9-7-19-8-10-20)14-11-17(24-3)18(25-4)12-16(14)21(22)23/h11-13,15,19H,5-10H2,1-4H3/t15-/m0/s1. The van der Waals surface area contributed by atoms with Gasteiger partial charge in [-0.3, -0.25) is 15.0 Å². The maximum atomic E-state index is 11.7. The molecular formula is C18H29N3O4. The largest absolute Gasteiger partial charge is 0.493 e. The smallest absolute Gasteiger partial charge is 0.278 e. The Labute approximate surface area is 149 Å². The molecular weight excluding hydrogens is 322 g/mol. The molecule has 1 aromatic rings. The van der Waals surface area contributed by atoms with Gasteiger partial charge in [-0.1, -0.05) is 13.8 Å². The van der Waals surface area contributed by atoms with Crippen molar-refractivity contribution in [1.29, 1.82) is 0 Å². The van der Waals surface area contributed by atoms with Crippen molar-refractivity contribution in [3.8, 4) is 11.5 Å². The van der Waals surface area contributed by atoms with Crippen LogP contribution in [0.5, 0.6) is 11.5 Å². The molecule has 2 rings (SSSR count). The maximum Gasteiger partial charge on any atom is 0.278 e. The molecule has 1 aliphatic heterocycles.